The van der Waals surface area contributed by atoms with Crippen LogP contribution in [0.4, 0.5) is 5.69 Å². The topological polar surface area (TPSA) is 33.4 Å². The standard InChI is InChI=1S/C14H14N4/c1-17(2)12-6-4-3-5-11(12)13-9-16-14-10-15-7-8-18(13)14/h3-10H,1-2H3. The summed E-state index contributed by atoms with van der Waals surface area (Å²) in [6.45, 7) is 0. The molecule has 3 rings (SSSR count). The van der Waals surface area contributed by atoms with Gasteiger partial charge in [-0.1, -0.05) is 18.2 Å². The van der Waals surface area contributed by atoms with Crippen molar-refractivity contribution in [2.75, 3.05) is 19.0 Å². The van der Waals surface area contributed by atoms with E-state index in [-0.39, 0.29) is 0 Å². The Morgan fingerprint density at radius 1 is 1.11 bits per heavy atom. The van der Waals surface area contributed by atoms with E-state index in [1.165, 1.54) is 11.3 Å². The van der Waals surface area contributed by atoms with Gasteiger partial charge in [-0.15, -0.1) is 0 Å². The van der Waals surface area contributed by atoms with Crippen molar-refractivity contribution in [2.24, 2.45) is 0 Å². The van der Waals surface area contributed by atoms with Crippen molar-refractivity contribution in [1.82, 2.24) is 14.4 Å². The number of anilines is 1. The lowest BCUT2D eigenvalue weighted by Crippen LogP contribution is -2.10. The van der Waals surface area contributed by atoms with Crippen LogP contribution in [-0.4, -0.2) is 28.5 Å². The molecule has 0 N–H and O–H groups in total. The third-order valence-electron chi connectivity index (χ3n) is 2.98. The molecule has 0 radical (unpaired) electrons. The summed E-state index contributed by atoms with van der Waals surface area (Å²) in [4.78, 5) is 10.6. The van der Waals surface area contributed by atoms with Crippen molar-refractivity contribution in [3.63, 3.8) is 0 Å². The Morgan fingerprint density at radius 2 is 1.94 bits per heavy atom. The molecule has 0 saturated carbocycles. The minimum absolute atomic E-state index is 0.862. The molecule has 2 heterocycles. The van der Waals surface area contributed by atoms with Gasteiger partial charge in [0.25, 0.3) is 0 Å². The van der Waals surface area contributed by atoms with Crippen molar-refractivity contribution in [3.05, 3.63) is 49.1 Å². The van der Waals surface area contributed by atoms with Crippen LogP contribution in [0, 0.1) is 0 Å². The fourth-order valence-corrected chi connectivity index (χ4v) is 2.12. The summed E-state index contributed by atoms with van der Waals surface area (Å²) in [5.41, 5.74) is 4.29. The molecule has 0 spiro atoms. The summed E-state index contributed by atoms with van der Waals surface area (Å²) in [6, 6.07) is 8.31. The first kappa shape index (κ1) is 10.8. The zero-order chi connectivity index (χ0) is 12.5. The monoisotopic (exact) mass is 238 g/mol. The van der Waals surface area contributed by atoms with Crippen LogP contribution >= 0.6 is 0 Å². The van der Waals surface area contributed by atoms with E-state index < -0.39 is 0 Å². The molecule has 0 aliphatic rings. The third kappa shape index (κ3) is 1.62. The number of benzene rings is 1. The number of fused-ring (bicyclic) bond motifs is 1. The van der Waals surface area contributed by atoms with E-state index in [1.54, 1.807) is 12.4 Å². The summed E-state index contributed by atoms with van der Waals surface area (Å²) in [6.07, 6.45) is 7.36. The van der Waals surface area contributed by atoms with Crippen LogP contribution in [0.5, 0.6) is 0 Å². The summed E-state index contributed by atoms with van der Waals surface area (Å²) in [5.74, 6) is 0. The van der Waals surface area contributed by atoms with Gasteiger partial charge in [-0.2, -0.15) is 0 Å². The molecule has 0 fully saturated rings. The molecular weight excluding hydrogens is 224 g/mol. The summed E-state index contributed by atoms with van der Waals surface area (Å²) in [5, 5.41) is 0. The van der Waals surface area contributed by atoms with Crippen molar-refractivity contribution in [2.45, 2.75) is 0 Å². The second-order valence-electron chi connectivity index (χ2n) is 4.36. The Labute approximate surface area is 106 Å². The predicted octanol–water partition coefficient (Wildman–Crippen LogP) is 2.46. The van der Waals surface area contributed by atoms with Gasteiger partial charge in [0.1, 0.15) is 0 Å². The first-order valence-electron chi connectivity index (χ1n) is 5.81. The van der Waals surface area contributed by atoms with E-state index in [9.17, 15) is 0 Å². The Hall–Kier alpha value is -2.36. The molecule has 0 unspecified atom stereocenters. The highest BCUT2D eigenvalue weighted by atomic mass is 15.1. The summed E-state index contributed by atoms with van der Waals surface area (Å²) in [7, 11) is 4.09. The van der Waals surface area contributed by atoms with E-state index in [0.29, 0.717) is 0 Å². The molecule has 3 aromatic rings. The van der Waals surface area contributed by atoms with Crippen LogP contribution in [0.2, 0.25) is 0 Å². The van der Waals surface area contributed by atoms with Crippen molar-refractivity contribution in [3.8, 4) is 11.3 Å². The van der Waals surface area contributed by atoms with E-state index in [4.69, 9.17) is 0 Å². The maximum atomic E-state index is 4.38. The minimum atomic E-state index is 0.862. The molecule has 0 aliphatic carbocycles. The highest BCUT2D eigenvalue weighted by Gasteiger charge is 2.10. The number of para-hydroxylation sites is 1. The number of aromatic nitrogens is 3. The maximum Gasteiger partial charge on any atom is 0.155 e. The second kappa shape index (κ2) is 4.14. The molecule has 4 heteroatoms. The number of imidazole rings is 1. The van der Waals surface area contributed by atoms with E-state index in [0.717, 1.165) is 11.3 Å². The average Bonchev–Trinajstić information content (AvgIpc) is 2.82. The average molecular weight is 238 g/mol. The maximum absolute atomic E-state index is 4.38. The molecule has 90 valence electrons. The number of nitrogens with zero attached hydrogens (tertiary/aromatic N) is 4. The minimum Gasteiger partial charge on any atom is -0.377 e. The number of rotatable bonds is 2. The van der Waals surface area contributed by atoms with Crippen molar-refractivity contribution in [1.29, 1.82) is 0 Å². The molecule has 0 amide bonds. The van der Waals surface area contributed by atoms with E-state index in [1.807, 2.05) is 38.6 Å². The molecular formula is C14H14N4. The summed E-state index contributed by atoms with van der Waals surface area (Å²) < 4.78 is 2.05. The molecule has 1 aromatic carbocycles. The summed E-state index contributed by atoms with van der Waals surface area (Å²) >= 11 is 0. The Morgan fingerprint density at radius 3 is 2.78 bits per heavy atom. The van der Waals surface area contributed by atoms with Gasteiger partial charge in [0.15, 0.2) is 5.65 Å². The Kier molecular flexibility index (Phi) is 2.48. The van der Waals surface area contributed by atoms with Crippen LogP contribution in [0.1, 0.15) is 0 Å². The van der Waals surface area contributed by atoms with Crippen LogP contribution in [0.3, 0.4) is 0 Å². The van der Waals surface area contributed by atoms with Gasteiger partial charge in [0, 0.05) is 37.7 Å². The molecule has 2 aromatic heterocycles. The van der Waals surface area contributed by atoms with Gasteiger partial charge in [-0.05, 0) is 6.07 Å². The predicted molar refractivity (Wildman–Crippen MR) is 72.8 cm³/mol. The normalized spacial score (nSPS) is 10.8. The lowest BCUT2D eigenvalue weighted by molar-refractivity contribution is 1.11. The highest BCUT2D eigenvalue weighted by Crippen LogP contribution is 2.29. The quantitative estimate of drug-likeness (QED) is 0.687. The fraction of sp³-hybridized carbons (Fsp3) is 0.143. The van der Waals surface area contributed by atoms with E-state index >= 15 is 0 Å². The van der Waals surface area contributed by atoms with Crippen molar-refractivity contribution < 1.29 is 0 Å². The SMILES string of the molecule is CN(C)c1ccccc1-c1cnc2cnccn12. The van der Waals surface area contributed by atoms with E-state index in [2.05, 4.69) is 31.4 Å². The molecule has 18 heavy (non-hydrogen) atoms. The highest BCUT2D eigenvalue weighted by molar-refractivity contribution is 5.77. The molecule has 0 atom stereocenters. The number of hydrogen-bond donors (Lipinski definition) is 0. The molecule has 4 nitrogen and oxygen atoms in total. The lowest BCUT2D eigenvalue weighted by atomic mass is 10.1. The van der Waals surface area contributed by atoms with Gasteiger partial charge in [0.05, 0.1) is 18.1 Å². The van der Waals surface area contributed by atoms with Gasteiger partial charge in [-0.25, -0.2) is 4.98 Å². The first-order chi connectivity index (χ1) is 8.77. The van der Waals surface area contributed by atoms with Gasteiger partial charge in [-0.3, -0.25) is 9.38 Å². The van der Waals surface area contributed by atoms with Crippen molar-refractivity contribution >= 4 is 11.3 Å². The Bertz CT molecular complexity index is 685. The van der Waals surface area contributed by atoms with Crippen LogP contribution in [0.15, 0.2) is 49.1 Å². The largest absolute Gasteiger partial charge is 0.377 e. The Balaban J connectivity index is 2.27. The van der Waals surface area contributed by atoms with Crippen LogP contribution in [-0.2, 0) is 0 Å². The number of hydrogen-bond acceptors (Lipinski definition) is 3. The van der Waals surface area contributed by atoms with Crippen LogP contribution < -0.4 is 4.90 Å². The molecule has 0 saturated heterocycles. The fourth-order valence-electron chi connectivity index (χ4n) is 2.12. The molecule has 0 bridgehead atoms. The van der Waals surface area contributed by atoms with Gasteiger partial charge >= 0.3 is 0 Å². The smallest absolute Gasteiger partial charge is 0.155 e. The molecule has 0 aliphatic heterocycles. The third-order valence-corrected chi connectivity index (χ3v) is 2.98. The van der Waals surface area contributed by atoms with Crippen LogP contribution in [0.25, 0.3) is 16.9 Å². The second-order valence-corrected chi connectivity index (χ2v) is 4.36. The zero-order valence-corrected chi connectivity index (χ0v) is 10.4. The zero-order valence-electron chi connectivity index (χ0n) is 10.4. The lowest BCUT2D eigenvalue weighted by Gasteiger charge is -2.16. The van der Waals surface area contributed by atoms with Gasteiger partial charge < -0.3 is 4.90 Å². The van der Waals surface area contributed by atoms with Gasteiger partial charge in [0.2, 0.25) is 0 Å². The first-order valence-corrected chi connectivity index (χ1v) is 5.81.